The highest BCUT2D eigenvalue weighted by Crippen LogP contribution is 2.24. The number of rotatable bonds is 4. The second kappa shape index (κ2) is 6.37. The predicted molar refractivity (Wildman–Crippen MR) is 80.2 cm³/mol. The molecule has 0 aliphatic carbocycles. The predicted octanol–water partition coefficient (Wildman–Crippen LogP) is 4.53. The van der Waals surface area contributed by atoms with Crippen molar-refractivity contribution >= 4 is 15.9 Å². The van der Waals surface area contributed by atoms with Crippen LogP contribution in [0, 0.1) is 12.7 Å². The Morgan fingerprint density at radius 3 is 2.60 bits per heavy atom. The molecule has 0 saturated carbocycles. The van der Waals surface area contributed by atoms with Crippen LogP contribution in [-0.2, 0) is 6.61 Å². The monoisotopic (exact) mass is 338 g/mol. The maximum Gasteiger partial charge on any atom is 0.124 e. The molecule has 4 heteroatoms. The molecule has 0 unspecified atom stereocenters. The molecule has 106 valence electrons. The van der Waals surface area contributed by atoms with Crippen LogP contribution in [0.5, 0.6) is 5.75 Å². The number of hydrogen-bond acceptors (Lipinski definition) is 2. The number of aliphatic hydroxyl groups excluding tert-OH is 1. The van der Waals surface area contributed by atoms with E-state index in [1.54, 1.807) is 6.92 Å². The Hall–Kier alpha value is -1.39. The molecule has 2 aromatic carbocycles. The molecule has 0 spiro atoms. The third kappa shape index (κ3) is 3.81. The van der Waals surface area contributed by atoms with Gasteiger partial charge in [-0.25, -0.2) is 4.39 Å². The van der Waals surface area contributed by atoms with Crippen LogP contribution in [0.1, 0.15) is 29.7 Å². The molecule has 1 N–H and O–H groups in total. The summed E-state index contributed by atoms with van der Waals surface area (Å²) in [5.74, 6) is 0.439. The second-order valence-electron chi connectivity index (χ2n) is 4.77. The van der Waals surface area contributed by atoms with Gasteiger partial charge in [-0.15, -0.1) is 0 Å². The quantitative estimate of drug-likeness (QED) is 0.887. The molecule has 0 aliphatic heterocycles. The van der Waals surface area contributed by atoms with E-state index in [2.05, 4.69) is 15.9 Å². The van der Waals surface area contributed by atoms with Crippen molar-refractivity contribution < 1.29 is 14.2 Å². The van der Waals surface area contributed by atoms with Crippen molar-refractivity contribution in [1.82, 2.24) is 0 Å². The van der Waals surface area contributed by atoms with Crippen molar-refractivity contribution in [1.29, 1.82) is 0 Å². The normalized spacial score (nSPS) is 12.2. The molecule has 0 aliphatic rings. The average Bonchev–Trinajstić information content (AvgIpc) is 2.36. The molecule has 2 rings (SSSR count). The molecule has 0 fully saturated rings. The van der Waals surface area contributed by atoms with Crippen LogP contribution in [0.4, 0.5) is 4.39 Å². The second-order valence-corrected chi connectivity index (χ2v) is 5.68. The zero-order valence-electron chi connectivity index (χ0n) is 11.4. The molecule has 20 heavy (non-hydrogen) atoms. The van der Waals surface area contributed by atoms with Gasteiger partial charge in [0.15, 0.2) is 0 Å². The topological polar surface area (TPSA) is 29.5 Å². The van der Waals surface area contributed by atoms with Gasteiger partial charge in [0.1, 0.15) is 18.2 Å². The summed E-state index contributed by atoms with van der Waals surface area (Å²) in [7, 11) is 0. The molecular formula is C16H16BrFO2. The van der Waals surface area contributed by atoms with Gasteiger partial charge in [0, 0.05) is 4.47 Å². The van der Waals surface area contributed by atoms with Crippen molar-refractivity contribution in [2.45, 2.75) is 26.6 Å². The minimum atomic E-state index is -0.498. The summed E-state index contributed by atoms with van der Waals surface area (Å²) in [6.07, 6.45) is -0.498. The number of benzene rings is 2. The first kappa shape index (κ1) is 15.0. The van der Waals surface area contributed by atoms with E-state index in [0.29, 0.717) is 11.1 Å². The minimum absolute atomic E-state index is 0.292. The molecule has 0 aromatic heterocycles. The Balaban J connectivity index is 2.11. The Morgan fingerprint density at radius 1 is 1.25 bits per heavy atom. The van der Waals surface area contributed by atoms with Crippen LogP contribution in [0.15, 0.2) is 40.9 Å². The number of aryl methyl sites for hydroxylation is 1. The number of aliphatic hydroxyl groups is 1. The lowest BCUT2D eigenvalue weighted by atomic mass is 10.1. The third-order valence-electron chi connectivity index (χ3n) is 3.00. The fraction of sp³-hybridized carbons (Fsp3) is 0.250. The largest absolute Gasteiger partial charge is 0.489 e. The van der Waals surface area contributed by atoms with Crippen molar-refractivity contribution in [3.63, 3.8) is 0 Å². The molecule has 0 amide bonds. The summed E-state index contributed by atoms with van der Waals surface area (Å²) in [6.45, 7) is 3.94. The third-order valence-corrected chi connectivity index (χ3v) is 3.46. The van der Waals surface area contributed by atoms with Crippen LogP contribution in [0.2, 0.25) is 0 Å². The van der Waals surface area contributed by atoms with E-state index in [-0.39, 0.29) is 5.82 Å². The Morgan fingerprint density at radius 2 is 2.00 bits per heavy atom. The van der Waals surface area contributed by atoms with Gasteiger partial charge in [0.25, 0.3) is 0 Å². The highest BCUT2D eigenvalue weighted by molar-refractivity contribution is 9.10. The van der Waals surface area contributed by atoms with Gasteiger partial charge in [-0.3, -0.25) is 0 Å². The number of hydrogen-bond donors (Lipinski definition) is 1. The molecule has 2 aromatic rings. The van der Waals surface area contributed by atoms with Crippen LogP contribution in [-0.4, -0.2) is 5.11 Å². The van der Waals surface area contributed by atoms with Gasteiger partial charge in [0.2, 0.25) is 0 Å². The summed E-state index contributed by atoms with van der Waals surface area (Å²) in [5.41, 5.74) is 2.55. The maximum absolute atomic E-state index is 13.3. The molecule has 0 radical (unpaired) electrons. The van der Waals surface area contributed by atoms with E-state index in [1.807, 2.05) is 31.2 Å². The Bertz CT molecular complexity index is 591. The lowest BCUT2D eigenvalue weighted by Gasteiger charge is -2.12. The van der Waals surface area contributed by atoms with Gasteiger partial charge in [0.05, 0.1) is 6.10 Å². The van der Waals surface area contributed by atoms with E-state index in [0.717, 1.165) is 22.4 Å². The van der Waals surface area contributed by atoms with Gasteiger partial charge >= 0.3 is 0 Å². The molecule has 0 saturated heterocycles. The lowest BCUT2D eigenvalue weighted by Crippen LogP contribution is -1.99. The van der Waals surface area contributed by atoms with Crippen LogP contribution in [0.3, 0.4) is 0 Å². The van der Waals surface area contributed by atoms with Crippen molar-refractivity contribution in [3.8, 4) is 5.75 Å². The first-order valence-corrected chi connectivity index (χ1v) is 7.11. The highest BCUT2D eigenvalue weighted by atomic mass is 79.9. The Kier molecular flexibility index (Phi) is 4.78. The summed E-state index contributed by atoms with van der Waals surface area (Å²) >= 11 is 3.26. The average molecular weight is 339 g/mol. The van der Waals surface area contributed by atoms with Gasteiger partial charge in [-0.1, -0.05) is 22.0 Å². The van der Waals surface area contributed by atoms with Gasteiger partial charge in [-0.2, -0.15) is 0 Å². The maximum atomic E-state index is 13.3. The lowest BCUT2D eigenvalue weighted by molar-refractivity contribution is 0.199. The Labute approximate surface area is 126 Å². The molecule has 0 bridgehead atoms. The van der Waals surface area contributed by atoms with Crippen molar-refractivity contribution in [3.05, 3.63) is 63.4 Å². The van der Waals surface area contributed by atoms with Crippen LogP contribution < -0.4 is 4.74 Å². The standard InChI is InChI=1S/C16H16BrFO2/c1-10-5-13(11(2)19)3-4-16(10)20-9-12-6-14(17)8-15(18)7-12/h3-8,11,19H,9H2,1-2H3/t11-/m1/s1. The summed E-state index contributed by atoms with van der Waals surface area (Å²) < 4.78 is 19.7. The molecule has 0 heterocycles. The van der Waals surface area contributed by atoms with Crippen molar-refractivity contribution in [2.75, 3.05) is 0 Å². The van der Waals surface area contributed by atoms with E-state index in [9.17, 15) is 9.50 Å². The zero-order valence-corrected chi connectivity index (χ0v) is 12.9. The van der Waals surface area contributed by atoms with E-state index in [4.69, 9.17) is 4.74 Å². The SMILES string of the molecule is Cc1cc([C@@H](C)O)ccc1OCc1cc(F)cc(Br)c1. The van der Waals surface area contributed by atoms with Gasteiger partial charge < -0.3 is 9.84 Å². The van der Waals surface area contributed by atoms with E-state index >= 15 is 0 Å². The molecule has 2 nitrogen and oxygen atoms in total. The first-order valence-electron chi connectivity index (χ1n) is 6.32. The molecular weight excluding hydrogens is 323 g/mol. The van der Waals surface area contributed by atoms with Crippen LogP contribution in [0.25, 0.3) is 0 Å². The fourth-order valence-corrected chi connectivity index (χ4v) is 2.46. The summed E-state index contributed by atoms with van der Waals surface area (Å²) in [6, 6.07) is 10.2. The van der Waals surface area contributed by atoms with Gasteiger partial charge in [-0.05, 0) is 60.9 Å². The fourth-order valence-electron chi connectivity index (χ4n) is 1.95. The van der Waals surface area contributed by atoms with E-state index < -0.39 is 6.10 Å². The van der Waals surface area contributed by atoms with Crippen molar-refractivity contribution in [2.24, 2.45) is 0 Å². The smallest absolute Gasteiger partial charge is 0.124 e. The molecule has 1 atom stereocenters. The number of ether oxygens (including phenoxy) is 1. The highest BCUT2D eigenvalue weighted by Gasteiger charge is 2.06. The van der Waals surface area contributed by atoms with E-state index in [1.165, 1.54) is 12.1 Å². The summed E-state index contributed by atoms with van der Waals surface area (Å²) in [5, 5.41) is 9.52. The first-order chi connectivity index (χ1) is 9.45. The van der Waals surface area contributed by atoms with Crippen LogP contribution >= 0.6 is 15.9 Å². The zero-order chi connectivity index (χ0) is 14.7. The number of halogens is 2. The minimum Gasteiger partial charge on any atom is -0.489 e. The summed E-state index contributed by atoms with van der Waals surface area (Å²) in [4.78, 5) is 0.